The number of unbranched alkanes of at least 4 members (excludes halogenated alkanes) is 4. The molecule has 0 rings (SSSR count). The van der Waals surface area contributed by atoms with Gasteiger partial charge in [0.15, 0.2) is 0 Å². The van der Waals surface area contributed by atoms with Crippen LogP contribution in [0, 0.1) is 0 Å². The summed E-state index contributed by atoms with van der Waals surface area (Å²) in [5.74, 6) is 0. The molecule has 37 heavy (non-hydrogen) atoms. The highest BCUT2D eigenvalue weighted by molar-refractivity contribution is 4.60. The summed E-state index contributed by atoms with van der Waals surface area (Å²) in [7, 11) is 0. The Morgan fingerprint density at radius 3 is 1.62 bits per heavy atom. The molecule has 4 N–H and O–H groups in total. The average molecular weight is 565 g/mol. The number of rotatable bonds is 26. The zero-order chi connectivity index (χ0) is 28.2. The summed E-state index contributed by atoms with van der Waals surface area (Å²) in [6.45, 7) is -5.49. The Morgan fingerprint density at radius 1 is 0.541 bits per heavy atom. The van der Waals surface area contributed by atoms with Crippen molar-refractivity contribution in [2.24, 2.45) is 0 Å². The number of aliphatic hydroxyl groups is 4. The van der Waals surface area contributed by atoms with E-state index >= 15 is 0 Å². The second kappa shape index (κ2) is 20.1. The molecule has 2 unspecified atom stereocenters. The van der Waals surface area contributed by atoms with Crippen LogP contribution in [0.5, 0.6) is 0 Å². The Morgan fingerprint density at radius 2 is 1.03 bits per heavy atom. The lowest BCUT2D eigenvalue weighted by Crippen LogP contribution is -2.44. The maximum atomic E-state index is 13.6. The van der Waals surface area contributed by atoms with Crippen molar-refractivity contribution in [1.82, 2.24) is 0 Å². The standard InChI is InChI=1S/C21H38F6O10/c22-19(23,15-34-11-10-33-14-18(31)13-32-9-8-29)36-21(26,27)37-20(24,25)16-35-12-17(30)6-4-2-1-3-5-7-28/h17-18,28-31H,1-16H2. The molecule has 0 bridgehead atoms. The first-order valence-electron chi connectivity index (χ1n) is 11.7. The van der Waals surface area contributed by atoms with E-state index in [-0.39, 0.29) is 46.1 Å². The van der Waals surface area contributed by atoms with Gasteiger partial charge in [-0.3, -0.25) is 0 Å². The third kappa shape index (κ3) is 22.8. The summed E-state index contributed by atoms with van der Waals surface area (Å²) in [6, 6.07) is 0. The Kier molecular flexibility index (Phi) is 19.7. The van der Waals surface area contributed by atoms with Crippen molar-refractivity contribution < 1.29 is 75.2 Å². The fourth-order valence-corrected chi connectivity index (χ4v) is 2.71. The summed E-state index contributed by atoms with van der Waals surface area (Å²) in [4.78, 5) is 0. The minimum absolute atomic E-state index is 0.000534. The van der Waals surface area contributed by atoms with Crippen molar-refractivity contribution in [2.75, 3.05) is 66.1 Å². The first-order chi connectivity index (χ1) is 17.3. The largest absolute Gasteiger partial charge is 0.495 e. The molecule has 0 aliphatic carbocycles. The lowest BCUT2D eigenvalue weighted by molar-refractivity contribution is -0.518. The molecule has 0 aromatic rings. The highest BCUT2D eigenvalue weighted by atomic mass is 19.3. The van der Waals surface area contributed by atoms with Crippen LogP contribution in [0.25, 0.3) is 0 Å². The number of ether oxygens (including phenoxy) is 6. The molecule has 2 atom stereocenters. The van der Waals surface area contributed by atoms with E-state index in [1.807, 2.05) is 0 Å². The molecular formula is C21H38F6O10. The minimum atomic E-state index is -5.40. The predicted octanol–water partition coefficient (Wildman–Crippen LogP) is 1.87. The van der Waals surface area contributed by atoms with E-state index in [0.717, 1.165) is 19.3 Å². The van der Waals surface area contributed by atoms with Crippen LogP contribution in [0.4, 0.5) is 26.3 Å². The zero-order valence-corrected chi connectivity index (χ0v) is 20.5. The van der Waals surface area contributed by atoms with Gasteiger partial charge in [-0.15, -0.1) is 8.78 Å². The van der Waals surface area contributed by atoms with E-state index in [1.54, 1.807) is 0 Å². The SMILES string of the molecule is OCCCCCCCC(O)COCC(F)(F)OC(F)(F)OC(F)(F)COCCOCC(O)COCCO. The van der Waals surface area contributed by atoms with E-state index in [9.17, 15) is 36.6 Å². The molecule has 0 aliphatic heterocycles. The van der Waals surface area contributed by atoms with Crippen LogP contribution in [-0.4, -0.2) is 117 Å². The van der Waals surface area contributed by atoms with Crippen LogP contribution in [-0.2, 0) is 28.4 Å². The van der Waals surface area contributed by atoms with E-state index in [0.29, 0.717) is 12.8 Å². The fraction of sp³-hybridized carbons (Fsp3) is 1.00. The van der Waals surface area contributed by atoms with Crippen LogP contribution < -0.4 is 0 Å². The summed E-state index contributed by atoms with van der Waals surface area (Å²) in [5.41, 5.74) is 0. The lowest BCUT2D eigenvalue weighted by Gasteiger charge is -2.26. The number of aliphatic hydroxyl groups excluding tert-OH is 4. The predicted molar refractivity (Wildman–Crippen MR) is 114 cm³/mol. The van der Waals surface area contributed by atoms with Gasteiger partial charge in [-0.05, 0) is 12.8 Å². The second-order valence-corrected chi connectivity index (χ2v) is 7.97. The zero-order valence-electron chi connectivity index (χ0n) is 20.5. The first-order valence-corrected chi connectivity index (χ1v) is 11.7. The van der Waals surface area contributed by atoms with E-state index in [4.69, 9.17) is 19.7 Å². The molecule has 0 radical (unpaired) electrons. The van der Waals surface area contributed by atoms with Gasteiger partial charge in [-0.25, -0.2) is 9.47 Å². The second-order valence-electron chi connectivity index (χ2n) is 7.97. The van der Waals surface area contributed by atoms with Crippen LogP contribution in [0.3, 0.4) is 0 Å². The summed E-state index contributed by atoms with van der Waals surface area (Å²) in [6.07, 6.45) is -13.3. The molecule has 0 amide bonds. The van der Waals surface area contributed by atoms with E-state index < -0.39 is 57.1 Å². The average Bonchev–Trinajstić information content (AvgIpc) is 2.77. The molecule has 0 aliphatic rings. The Balaban J connectivity index is 4.13. The summed E-state index contributed by atoms with van der Waals surface area (Å²) >= 11 is 0. The molecule has 0 fully saturated rings. The molecular weight excluding hydrogens is 526 g/mol. The molecule has 0 aromatic carbocycles. The maximum Gasteiger partial charge on any atom is 0.495 e. The van der Waals surface area contributed by atoms with Gasteiger partial charge in [0.2, 0.25) is 0 Å². The van der Waals surface area contributed by atoms with Crippen molar-refractivity contribution in [3.63, 3.8) is 0 Å². The van der Waals surface area contributed by atoms with Gasteiger partial charge in [0.25, 0.3) is 0 Å². The van der Waals surface area contributed by atoms with Gasteiger partial charge in [0.1, 0.15) is 19.3 Å². The number of hydrogen-bond donors (Lipinski definition) is 4. The normalized spacial score (nSPS) is 14.8. The van der Waals surface area contributed by atoms with Gasteiger partial charge < -0.3 is 39.4 Å². The minimum Gasteiger partial charge on any atom is -0.396 e. The molecule has 0 heterocycles. The summed E-state index contributed by atoms with van der Waals surface area (Å²) in [5, 5.41) is 36.3. The van der Waals surface area contributed by atoms with Crippen molar-refractivity contribution in [1.29, 1.82) is 0 Å². The van der Waals surface area contributed by atoms with Crippen LogP contribution in [0.15, 0.2) is 0 Å². The van der Waals surface area contributed by atoms with E-state index in [2.05, 4.69) is 18.9 Å². The van der Waals surface area contributed by atoms with Crippen molar-refractivity contribution in [2.45, 2.75) is 69.2 Å². The topological polar surface area (TPSA) is 136 Å². The molecule has 16 heteroatoms. The molecule has 0 aromatic heterocycles. The Labute approximate surface area is 211 Å². The Hall–Kier alpha value is -0.820. The van der Waals surface area contributed by atoms with Gasteiger partial charge in [0.05, 0.1) is 52.4 Å². The van der Waals surface area contributed by atoms with Crippen LogP contribution >= 0.6 is 0 Å². The quantitative estimate of drug-likeness (QED) is 0.0701. The molecule has 10 nitrogen and oxygen atoms in total. The number of halogens is 6. The van der Waals surface area contributed by atoms with Crippen LogP contribution in [0.2, 0.25) is 0 Å². The highest BCUT2D eigenvalue weighted by Gasteiger charge is 2.52. The van der Waals surface area contributed by atoms with Gasteiger partial charge in [-0.2, -0.15) is 17.6 Å². The lowest BCUT2D eigenvalue weighted by atomic mass is 10.1. The van der Waals surface area contributed by atoms with Crippen molar-refractivity contribution in [3.8, 4) is 0 Å². The number of hydrogen-bond acceptors (Lipinski definition) is 10. The number of alkyl halides is 6. The maximum absolute atomic E-state index is 13.6. The smallest absolute Gasteiger partial charge is 0.396 e. The molecule has 0 saturated heterocycles. The third-order valence-electron chi connectivity index (χ3n) is 4.31. The highest BCUT2D eigenvalue weighted by Crippen LogP contribution is 2.33. The van der Waals surface area contributed by atoms with Crippen molar-refractivity contribution >= 4 is 0 Å². The molecule has 224 valence electrons. The van der Waals surface area contributed by atoms with Gasteiger partial charge >= 0.3 is 18.5 Å². The Bertz CT molecular complexity index is 548. The molecule has 0 spiro atoms. The monoisotopic (exact) mass is 564 g/mol. The third-order valence-corrected chi connectivity index (χ3v) is 4.31. The van der Waals surface area contributed by atoms with Gasteiger partial charge in [0, 0.05) is 6.61 Å². The molecule has 0 saturated carbocycles. The fourth-order valence-electron chi connectivity index (χ4n) is 2.71. The van der Waals surface area contributed by atoms with Crippen LogP contribution in [0.1, 0.15) is 38.5 Å². The van der Waals surface area contributed by atoms with Gasteiger partial charge in [-0.1, -0.05) is 25.7 Å². The first kappa shape index (κ1) is 36.2. The summed E-state index contributed by atoms with van der Waals surface area (Å²) < 4.78 is 106. The van der Waals surface area contributed by atoms with E-state index in [1.165, 1.54) is 0 Å². The van der Waals surface area contributed by atoms with Crippen molar-refractivity contribution in [3.05, 3.63) is 0 Å².